The van der Waals surface area contributed by atoms with Gasteiger partial charge in [0.1, 0.15) is 17.7 Å². The molecule has 7 nitrogen and oxygen atoms in total. The maximum atomic E-state index is 14.4. The van der Waals surface area contributed by atoms with Gasteiger partial charge in [0.25, 0.3) is 5.91 Å². The zero-order chi connectivity index (χ0) is 26.4. The third-order valence-corrected chi connectivity index (χ3v) is 6.48. The van der Waals surface area contributed by atoms with Crippen LogP contribution in [0.1, 0.15) is 34.5 Å². The van der Waals surface area contributed by atoms with Crippen molar-refractivity contribution in [1.82, 2.24) is 14.8 Å². The lowest BCUT2D eigenvalue weighted by molar-refractivity contribution is -0.130. The molecular formula is C29H31FN4O3. The Balaban J connectivity index is 1.48. The molecule has 4 rings (SSSR count). The van der Waals surface area contributed by atoms with Gasteiger partial charge in [-0.1, -0.05) is 18.7 Å². The summed E-state index contributed by atoms with van der Waals surface area (Å²) in [5, 5.41) is 2.81. The van der Waals surface area contributed by atoms with Crippen LogP contribution < -0.4 is 10.1 Å². The average molecular weight is 503 g/mol. The number of nitrogens with one attached hydrogen (secondary N) is 1. The number of piperazine rings is 1. The van der Waals surface area contributed by atoms with E-state index in [0.717, 1.165) is 5.56 Å². The van der Waals surface area contributed by atoms with E-state index in [4.69, 9.17) is 4.74 Å². The number of ether oxygens (including phenoxy) is 1. The molecule has 0 unspecified atom stereocenters. The summed E-state index contributed by atoms with van der Waals surface area (Å²) in [6.07, 6.45) is 4.11. The number of pyridine rings is 1. The van der Waals surface area contributed by atoms with Crippen LogP contribution in [0.2, 0.25) is 0 Å². The highest BCUT2D eigenvalue weighted by Crippen LogP contribution is 2.26. The van der Waals surface area contributed by atoms with Crippen molar-refractivity contribution in [2.24, 2.45) is 0 Å². The molecule has 0 aliphatic carbocycles. The molecule has 1 saturated heterocycles. The first-order chi connectivity index (χ1) is 17.8. The fourth-order valence-electron chi connectivity index (χ4n) is 4.39. The summed E-state index contributed by atoms with van der Waals surface area (Å²) in [4.78, 5) is 32.7. The van der Waals surface area contributed by atoms with E-state index in [2.05, 4.69) is 21.8 Å². The van der Waals surface area contributed by atoms with E-state index in [1.165, 1.54) is 12.1 Å². The molecule has 0 bridgehead atoms. The Morgan fingerprint density at radius 1 is 1.22 bits per heavy atom. The van der Waals surface area contributed by atoms with Gasteiger partial charge >= 0.3 is 0 Å². The van der Waals surface area contributed by atoms with Gasteiger partial charge < -0.3 is 15.0 Å². The minimum atomic E-state index is -0.445. The van der Waals surface area contributed by atoms with Crippen molar-refractivity contribution in [3.8, 4) is 5.75 Å². The lowest BCUT2D eigenvalue weighted by Crippen LogP contribution is -2.54. The molecule has 2 amide bonds. The number of amides is 2. The molecule has 1 fully saturated rings. The third-order valence-electron chi connectivity index (χ3n) is 6.48. The van der Waals surface area contributed by atoms with Gasteiger partial charge in [-0.25, -0.2) is 4.39 Å². The predicted octanol–water partition coefficient (Wildman–Crippen LogP) is 4.62. The molecule has 0 spiro atoms. The normalized spacial score (nSPS) is 16.6. The first-order valence-corrected chi connectivity index (χ1v) is 12.2. The Morgan fingerprint density at radius 2 is 2.00 bits per heavy atom. The first-order valence-electron chi connectivity index (χ1n) is 12.2. The Hall–Kier alpha value is -4.04. The standard InChI is InChI=1S/C29H31FN4O3/c1-4-28(35)34-15-14-33(18-21(34)3)19-27(23-8-7-20(2)26(30)16-23)37-25-11-9-22(10-12-25)29(36)32-24-6-5-13-31-17-24/h4-13,16-17,21,27H,1,14-15,18-19H2,2-3H3,(H,32,36)/t21-,27+/m1/s1. The van der Waals surface area contributed by atoms with Crippen LogP contribution in [0.15, 0.2) is 79.6 Å². The lowest BCUT2D eigenvalue weighted by atomic mass is 10.0. The smallest absolute Gasteiger partial charge is 0.255 e. The van der Waals surface area contributed by atoms with Gasteiger partial charge in [-0.15, -0.1) is 0 Å². The fourth-order valence-corrected chi connectivity index (χ4v) is 4.39. The van der Waals surface area contributed by atoms with E-state index in [1.54, 1.807) is 66.7 Å². The van der Waals surface area contributed by atoms with Gasteiger partial charge in [0, 0.05) is 44.0 Å². The molecular weight excluding hydrogens is 471 g/mol. The molecule has 192 valence electrons. The molecule has 2 atom stereocenters. The molecule has 1 aliphatic heterocycles. The van der Waals surface area contributed by atoms with Crippen LogP contribution in [0, 0.1) is 12.7 Å². The summed E-state index contributed by atoms with van der Waals surface area (Å²) >= 11 is 0. The van der Waals surface area contributed by atoms with Gasteiger partial charge in [0.2, 0.25) is 5.91 Å². The number of anilines is 1. The van der Waals surface area contributed by atoms with Crippen molar-refractivity contribution in [3.05, 3.63) is 102 Å². The first kappa shape index (κ1) is 26.0. The SMILES string of the molecule is C=CC(=O)N1CCN(C[C@H](Oc2ccc(C(=O)Nc3cccnc3)cc2)c2ccc(C)c(F)c2)C[C@H]1C. The largest absolute Gasteiger partial charge is 0.484 e. The van der Waals surface area contributed by atoms with Crippen LogP contribution >= 0.6 is 0 Å². The summed E-state index contributed by atoms with van der Waals surface area (Å²) in [5.74, 6) is -0.0495. The maximum Gasteiger partial charge on any atom is 0.255 e. The number of benzene rings is 2. The Bertz CT molecular complexity index is 1250. The van der Waals surface area contributed by atoms with Crippen LogP contribution in [0.5, 0.6) is 5.75 Å². The molecule has 2 aromatic carbocycles. The van der Waals surface area contributed by atoms with Gasteiger partial charge in [0.15, 0.2) is 0 Å². The van der Waals surface area contributed by atoms with Crippen molar-refractivity contribution < 1.29 is 18.7 Å². The number of hydrogen-bond acceptors (Lipinski definition) is 5. The quantitative estimate of drug-likeness (QED) is 0.455. The summed E-state index contributed by atoms with van der Waals surface area (Å²) in [6, 6.07) is 15.5. The van der Waals surface area contributed by atoms with Crippen LogP contribution in [0.4, 0.5) is 10.1 Å². The average Bonchev–Trinajstić information content (AvgIpc) is 2.90. The van der Waals surface area contributed by atoms with Gasteiger partial charge in [-0.05, 0) is 73.5 Å². The maximum absolute atomic E-state index is 14.4. The van der Waals surface area contributed by atoms with Crippen LogP contribution in [0.25, 0.3) is 0 Å². The minimum Gasteiger partial charge on any atom is -0.484 e. The number of carbonyl (C=O) groups is 2. The van der Waals surface area contributed by atoms with E-state index < -0.39 is 6.10 Å². The number of nitrogens with zero attached hydrogens (tertiary/aromatic N) is 3. The van der Waals surface area contributed by atoms with Crippen molar-refractivity contribution in [3.63, 3.8) is 0 Å². The number of halogens is 1. The number of aryl methyl sites for hydroxylation is 1. The predicted molar refractivity (Wildman–Crippen MR) is 141 cm³/mol. The Kier molecular flexibility index (Phi) is 8.30. The van der Waals surface area contributed by atoms with Crippen LogP contribution in [-0.4, -0.2) is 58.8 Å². The van der Waals surface area contributed by atoms with Crippen LogP contribution in [0.3, 0.4) is 0 Å². The number of rotatable bonds is 8. The summed E-state index contributed by atoms with van der Waals surface area (Å²) < 4.78 is 20.8. The molecule has 0 radical (unpaired) electrons. The minimum absolute atomic E-state index is 0.0206. The van der Waals surface area contributed by atoms with Crippen LogP contribution in [-0.2, 0) is 4.79 Å². The molecule has 3 aromatic rings. The second kappa shape index (κ2) is 11.8. The summed E-state index contributed by atoms with van der Waals surface area (Å²) in [6.45, 7) is 9.76. The van der Waals surface area contributed by atoms with E-state index in [-0.39, 0.29) is 23.7 Å². The topological polar surface area (TPSA) is 74.8 Å². The third kappa shape index (κ3) is 6.59. The molecule has 1 aliphatic rings. The van der Waals surface area contributed by atoms with Gasteiger partial charge in [-0.3, -0.25) is 19.5 Å². The summed E-state index contributed by atoms with van der Waals surface area (Å²) in [5.41, 5.74) is 2.37. The highest BCUT2D eigenvalue weighted by Gasteiger charge is 2.28. The Labute approximate surface area is 216 Å². The van der Waals surface area contributed by atoms with Gasteiger partial charge in [-0.2, -0.15) is 0 Å². The molecule has 1 aromatic heterocycles. The number of hydrogen-bond donors (Lipinski definition) is 1. The van der Waals surface area contributed by atoms with E-state index >= 15 is 0 Å². The van der Waals surface area contributed by atoms with Gasteiger partial charge in [0.05, 0.1) is 11.9 Å². The molecule has 1 N–H and O–H groups in total. The van der Waals surface area contributed by atoms with Crippen molar-refractivity contribution in [2.75, 3.05) is 31.5 Å². The highest BCUT2D eigenvalue weighted by molar-refractivity contribution is 6.04. The second-order valence-electron chi connectivity index (χ2n) is 9.18. The Morgan fingerprint density at radius 3 is 2.65 bits per heavy atom. The number of aromatic nitrogens is 1. The zero-order valence-electron chi connectivity index (χ0n) is 21.1. The fraction of sp³-hybridized carbons (Fsp3) is 0.276. The highest BCUT2D eigenvalue weighted by atomic mass is 19.1. The lowest BCUT2D eigenvalue weighted by Gasteiger charge is -2.40. The number of carbonyl (C=O) groups excluding carboxylic acids is 2. The molecule has 0 saturated carbocycles. The van der Waals surface area contributed by atoms with E-state index in [9.17, 15) is 14.0 Å². The van der Waals surface area contributed by atoms with E-state index in [0.29, 0.717) is 48.7 Å². The molecule has 2 heterocycles. The van der Waals surface area contributed by atoms with Crippen molar-refractivity contribution in [1.29, 1.82) is 0 Å². The van der Waals surface area contributed by atoms with E-state index in [1.807, 2.05) is 13.0 Å². The second-order valence-corrected chi connectivity index (χ2v) is 9.18. The molecule has 37 heavy (non-hydrogen) atoms. The van der Waals surface area contributed by atoms with Crippen molar-refractivity contribution in [2.45, 2.75) is 26.0 Å². The molecule has 8 heteroatoms. The van der Waals surface area contributed by atoms with Crippen molar-refractivity contribution >= 4 is 17.5 Å². The zero-order valence-corrected chi connectivity index (χ0v) is 21.1. The summed E-state index contributed by atoms with van der Waals surface area (Å²) in [7, 11) is 0. The monoisotopic (exact) mass is 502 g/mol.